The third kappa shape index (κ3) is 4.08. The highest BCUT2D eigenvalue weighted by molar-refractivity contribution is 6.02. The van der Waals surface area contributed by atoms with E-state index in [4.69, 9.17) is 0 Å². The first-order chi connectivity index (χ1) is 10.4. The molecular weight excluding hydrogens is 297 g/mol. The smallest absolute Gasteiger partial charge is 0.454 e. The monoisotopic (exact) mass is 308 g/mol. The molecule has 0 aliphatic rings. The number of halogens is 3. The minimum atomic E-state index is -4.96. The Bertz CT molecular complexity index is 697. The molecule has 0 atom stereocenters. The van der Waals surface area contributed by atoms with E-state index in [-0.39, 0.29) is 11.4 Å². The second-order valence-corrected chi connectivity index (χ2v) is 4.33. The maximum atomic E-state index is 12.5. The number of phenols is 1. The summed E-state index contributed by atoms with van der Waals surface area (Å²) in [5, 5.41) is 12.1. The number of carbonyl (C=O) groups is 1. The van der Waals surface area contributed by atoms with Crippen LogP contribution in [0.5, 0.6) is 5.75 Å². The topological polar surface area (TPSA) is 62.2 Å². The van der Waals surface area contributed by atoms with Gasteiger partial charge in [0.05, 0.1) is 0 Å². The molecule has 0 amide bonds. The molecular formula is C15H11F3N2O2. The maximum absolute atomic E-state index is 12.5. The largest absolute Gasteiger partial charge is 0.508 e. The summed E-state index contributed by atoms with van der Waals surface area (Å²) in [7, 11) is 0. The van der Waals surface area contributed by atoms with Crippen LogP contribution in [0.1, 0.15) is 5.56 Å². The quantitative estimate of drug-likeness (QED) is 0.850. The van der Waals surface area contributed by atoms with Gasteiger partial charge in [-0.15, -0.1) is 0 Å². The molecule has 1 heterocycles. The van der Waals surface area contributed by atoms with Gasteiger partial charge < -0.3 is 10.4 Å². The molecule has 2 aromatic rings. The van der Waals surface area contributed by atoms with Gasteiger partial charge >= 0.3 is 6.18 Å². The van der Waals surface area contributed by atoms with Crippen LogP contribution in [0.4, 0.5) is 18.9 Å². The fourth-order valence-corrected chi connectivity index (χ4v) is 1.68. The number of phenolic OH excluding ortho intramolecular Hbond substituents is 1. The first-order valence-electron chi connectivity index (χ1n) is 6.15. The molecule has 22 heavy (non-hydrogen) atoms. The molecule has 2 N–H and O–H groups in total. The second-order valence-electron chi connectivity index (χ2n) is 4.33. The standard InChI is InChI=1S/C15H11F3N2O2/c16-15(17,18)14(22)9-13(10-4-6-19-7-5-10)20-11-2-1-3-12(21)8-11/h1-9,20-21H/b13-9-. The molecule has 0 fully saturated rings. The van der Waals surface area contributed by atoms with Crippen molar-refractivity contribution in [3.63, 3.8) is 0 Å². The van der Waals surface area contributed by atoms with Crippen LogP contribution in [0.2, 0.25) is 0 Å². The molecule has 0 spiro atoms. The zero-order valence-electron chi connectivity index (χ0n) is 11.1. The van der Waals surface area contributed by atoms with Crippen molar-refractivity contribution in [3.05, 3.63) is 60.4 Å². The van der Waals surface area contributed by atoms with Gasteiger partial charge in [0.1, 0.15) is 5.75 Å². The van der Waals surface area contributed by atoms with E-state index in [1.165, 1.54) is 42.7 Å². The number of aromatic nitrogens is 1. The highest BCUT2D eigenvalue weighted by Crippen LogP contribution is 2.24. The lowest BCUT2D eigenvalue weighted by Crippen LogP contribution is -2.21. The normalized spacial score (nSPS) is 12.0. The van der Waals surface area contributed by atoms with Crippen molar-refractivity contribution < 1.29 is 23.1 Å². The predicted molar refractivity (Wildman–Crippen MR) is 75.0 cm³/mol. The summed E-state index contributed by atoms with van der Waals surface area (Å²) in [6.45, 7) is 0. The number of benzene rings is 1. The number of hydrogen-bond donors (Lipinski definition) is 2. The van der Waals surface area contributed by atoms with E-state index in [0.29, 0.717) is 17.3 Å². The first kappa shape index (κ1) is 15.6. The molecule has 0 saturated carbocycles. The fraction of sp³-hybridized carbons (Fsp3) is 0.0667. The maximum Gasteiger partial charge on any atom is 0.454 e. The van der Waals surface area contributed by atoms with Gasteiger partial charge in [0.25, 0.3) is 5.78 Å². The lowest BCUT2D eigenvalue weighted by molar-refractivity contribution is -0.165. The van der Waals surface area contributed by atoms with E-state index >= 15 is 0 Å². The van der Waals surface area contributed by atoms with Gasteiger partial charge in [0.2, 0.25) is 0 Å². The van der Waals surface area contributed by atoms with Crippen molar-refractivity contribution in [1.29, 1.82) is 0 Å². The molecule has 1 aromatic heterocycles. The molecule has 0 saturated heterocycles. The van der Waals surface area contributed by atoms with Crippen LogP contribution in [-0.4, -0.2) is 22.1 Å². The number of nitrogens with zero attached hydrogens (tertiary/aromatic N) is 1. The lowest BCUT2D eigenvalue weighted by Gasteiger charge is -2.12. The van der Waals surface area contributed by atoms with Crippen LogP contribution in [0.15, 0.2) is 54.9 Å². The number of ketones is 1. The summed E-state index contributed by atoms with van der Waals surface area (Å²) >= 11 is 0. The van der Waals surface area contributed by atoms with Crippen molar-refractivity contribution in [2.45, 2.75) is 6.18 Å². The Hall–Kier alpha value is -2.83. The minimum Gasteiger partial charge on any atom is -0.508 e. The number of carbonyl (C=O) groups excluding carboxylic acids is 1. The van der Waals surface area contributed by atoms with Crippen LogP contribution >= 0.6 is 0 Å². The van der Waals surface area contributed by atoms with Gasteiger partial charge in [0, 0.05) is 41.5 Å². The van der Waals surface area contributed by atoms with Crippen LogP contribution in [0, 0.1) is 0 Å². The van der Waals surface area contributed by atoms with E-state index in [0.717, 1.165) is 0 Å². The van der Waals surface area contributed by atoms with Crippen LogP contribution in [0.25, 0.3) is 5.70 Å². The van der Waals surface area contributed by atoms with Crippen LogP contribution in [0.3, 0.4) is 0 Å². The number of pyridine rings is 1. The van der Waals surface area contributed by atoms with Gasteiger partial charge in [0.15, 0.2) is 0 Å². The molecule has 1 aromatic carbocycles. The first-order valence-corrected chi connectivity index (χ1v) is 6.15. The summed E-state index contributed by atoms with van der Waals surface area (Å²) < 4.78 is 37.4. The van der Waals surface area contributed by atoms with Gasteiger partial charge in [-0.1, -0.05) is 6.07 Å². The summed E-state index contributed by atoms with van der Waals surface area (Å²) in [5.41, 5.74) is 0.657. The number of nitrogens with one attached hydrogen (secondary N) is 1. The van der Waals surface area contributed by atoms with Crippen LogP contribution < -0.4 is 5.32 Å². The average Bonchev–Trinajstić information content (AvgIpc) is 2.46. The number of alkyl halides is 3. The fourth-order valence-electron chi connectivity index (χ4n) is 1.68. The molecule has 2 rings (SSSR count). The molecule has 4 nitrogen and oxygen atoms in total. The third-order valence-corrected chi connectivity index (χ3v) is 2.67. The van der Waals surface area contributed by atoms with Crippen molar-refractivity contribution in [2.75, 3.05) is 5.32 Å². The Balaban J connectivity index is 2.38. The Morgan fingerprint density at radius 3 is 2.45 bits per heavy atom. The molecule has 114 valence electrons. The van der Waals surface area contributed by atoms with Crippen molar-refractivity contribution >= 4 is 17.2 Å². The van der Waals surface area contributed by atoms with E-state index in [9.17, 15) is 23.1 Å². The molecule has 0 unspecified atom stereocenters. The average molecular weight is 308 g/mol. The van der Waals surface area contributed by atoms with Crippen molar-refractivity contribution in [1.82, 2.24) is 4.98 Å². The summed E-state index contributed by atoms with van der Waals surface area (Å²) in [5.74, 6) is -2.03. The SMILES string of the molecule is O=C(/C=C(\Nc1cccc(O)c1)c1ccncc1)C(F)(F)F. The molecule has 0 radical (unpaired) electrons. The van der Waals surface area contributed by atoms with E-state index in [1.54, 1.807) is 6.07 Å². The lowest BCUT2D eigenvalue weighted by atomic mass is 10.1. The van der Waals surface area contributed by atoms with E-state index in [2.05, 4.69) is 10.3 Å². The highest BCUT2D eigenvalue weighted by Gasteiger charge is 2.36. The van der Waals surface area contributed by atoms with Gasteiger partial charge in [-0.2, -0.15) is 13.2 Å². The van der Waals surface area contributed by atoms with Crippen molar-refractivity contribution in [2.24, 2.45) is 0 Å². The Kier molecular flexibility index (Phi) is 4.45. The van der Waals surface area contributed by atoms with Gasteiger partial charge in [-0.05, 0) is 24.3 Å². The zero-order valence-corrected chi connectivity index (χ0v) is 11.1. The number of allylic oxidation sites excluding steroid dienone is 1. The predicted octanol–water partition coefficient (Wildman–Crippen LogP) is 3.37. The van der Waals surface area contributed by atoms with Crippen molar-refractivity contribution in [3.8, 4) is 5.75 Å². The number of anilines is 1. The zero-order chi connectivity index (χ0) is 16.2. The Labute approximate surface area is 123 Å². The van der Waals surface area contributed by atoms with Crippen LogP contribution in [-0.2, 0) is 4.79 Å². The number of rotatable bonds is 4. The summed E-state index contributed by atoms with van der Waals surface area (Å²) in [6.07, 6.45) is -1.70. The second kappa shape index (κ2) is 6.30. The molecule has 0 aliphatic heterocycles. The Morgan fingerprint density at radius 1 is 1.18 bits per heavy atom. The minimum absolute atomic E-state index is 0.0460. The van der Waals surface area contributed by atoms with Gasteiger partial charge in [-0.3, -0.25) is 9.78 Å². The summed E-state index contributed by atoms with van der Waals surface area (Å²) in [6, 6.07) is 8.74. The number of hydrogen-bond acceptors (Lipinski definition) is 4. The van der Waals surface area contributed by atoms with E-state index < -0.39 is 12.0 Å². The summed E-state index contributed by atoms with van der Waals surface area (Å²) in [4.78, 5) is 15.0. The third-order valence-electron chi connectivity index (χ3n) is 2.67. The van der Waals surface area contributed by atoms with E-state index in [1.807, 2.05) is 0 Å². The van der Waals surface area contributed by atoms with Gasteiger partial charge in [-0.25, -0.2) is 0 Å². The molecule has 0 aliphatic carbocycles. The molecule has 7 heteroatoms. The number of aromatic hydroxyl groups is 1. The highest BCUT2D eigenvalue weighted by atomic mass is 19.4. The Morgan fingerprint density at radius 2 is 1.86 bits per heavy atom. The molecule has 0 bridgehead atoms.